The van der Waals surface area contributed by atoms with Gasteiger partial charge in [-0.05, 0) is 30.1 Å². The Morgan fingerprint density at radius 1 is 0.812 bits per heavy atom. The van der Waals surface area contributed by atoms with Crippen molar-refractivity contribution in [1.29, 1.82) is 10.8 Å². The van der Waals surface area contributed by atoms with Crippen molar-refractivity contribution in [3.63, 3.8) is 0 Å². The van der Waals surface area contributed by atoms with Crippen LogP contribution in [-0.2, 0) is 9.59 Å². The third kappa shape index (κ3) is 13.6. The van der Waals surface area contributed by atoms with Gasteiger partial charge in [-0.3, -0.25) is 10.8 Å². The van der Waals surface area contributed by atoms with Gasteiger partial charge in [0.2, 0.25) is 12.2 Å². The standard InChI is InChI=1S/C12H18N2O2.2C5H13N3/c1-11(2)4-10(14-9-16)5-12(3,6-11)7-13-8-15;2*1-7(2)5(6)8(3)4/h10H,4-7H2,1-3H3;2*6H,1-4H3. The van der Waals surface area contributed by atoms with E-state index < -0.39 is 0 Å². The van der Waals surface area contributed by atoms with Crippen molar-refractivity contribution in [2.45, 2.75) is 46.1 Å². The van der Waals surface area contributed by atoms with Crippen LogP contribution in [0.4, 0.5) is 0 Å². The molecule has 184 valence electrons. The zero-order valence-corrected chi connectivity index (χ0v) is 21.9. The van der Waals surface area contributed by atoms with Crippen LogP contribution in [0.3, 0.4) is 0 Å². The topological polar surface area (TPSA) is 120 Å². The van der Waals surface area contributed by atoms with Crippen LogP contribution in [0.15, 0.2) is 9.98 Å². The molecule has 2 unspecified atom stereocenters. The molecule has 1 aliphatic carbocycles. The molecule has 1 rings (SSSR count). The van der Waals surface area contributed by atoms with E-state index in [4.69, 9.17) is 10.8 Å². The number of nitrogens with one attached hydrogen (secondary N) is 2. The van der Waals surface area contributed by atoms with Crippen LogP contribution in [0.25, 0.3) is 0 Å². The van der Waals surface area contributed by atoms with Gasteiger partial charge in [0.1, 0.15) is 0 Å². The largest absolute Gasteiger partial charge is 0.349 e. The molecule has 0 amide bonds. The van der Waals surface area contributed by atoms with Crippen LogP contribution < -0.4 is 0 Å². The third-order valence-electron chi connectivity index (χ3n) is 4.88. The average Bonchev–Trinajstić information content (AvgIpc) is 2.64. The number of guanidine groups is 2. The van der Waals surface area contributed by atoms with Gasteiger partial charge >= 0.3 is 0 Å². The van der Waals surface area contributed by atoms with E-state index >= 15 is 0 Å². The van der Waals surface area contributed by atoms with Crippen molar-refractivity contribution in [2.24, 2.45) is 20.8 Å². The summed E-state index contributed by atoms with van der Waals surface area (Å²) in [7, 11) is 14.8. The fourth-order valence-electron chi connectivity index (χ4n) is 3.89. The van der Waals surface area contributed by atoms with E-state index in [1.165, 1.54) is 0 Å². The van der Waals surface area contributed by atoms with Crippen LogP contribution in [-0.4, -0.2) is 113 Å². The van der Waals surface area contributed by atoms with Crippen molar-refractivity contribution in [3.8, 4) is 0 Å². The summed E-state index contributed by atoms with van der Waals surface area (Å²) in [5.74, 6) is 1.04. The molecule has 0 aromatic heterocycles. The lowest BCUT2D eigenvalue weighted by atomic mass is 9.63. The Morgan fingerprint density at radius 3 is 1.50 bits per heavy atom. The summed E-state index contributed by atoms with van der Waals surface area (Å²) in [6, 6.07) is 0.00750. The molecule has 0 heterocycles. The second kappa shape index (κ2) is 14.4. The Kier molecular flexibility index (Phi) is 14.1. The number of hydrogen-bond acceptors (Lipinski definition) is 6. The normalized spacial score (nSPS) is 20.4. The summed E-state index contributed by atoms with van der Waals surface area (Å²) >= 11 is 0. The van der Waals surface area contributed by atoms with E-state index in [0.717, 1.165) is 19.3 Å². The Bertz CT molecular complexity index is 646. The molecule has 10 nitrogen and oxygen atoms in total. The zero-order chi connectivity index (χ0) is 25.7. The first kappa shape index (κ1) is 31.5. The van der Waals surface area contributed by atoms with E-state index in [0.29, 0.717) is 18.5 Å². The molecule has 0 bridgehead atoms. The summed E-state index contributed by atoms with van der Waals surface area (Å²) in [6.45, 7) is 6.86. The van der Waals surface area contributed by atoms with E-state index in [1.807, 2.05) is 56.4 Å². The molecule has 0 saturated heterocycles. The summed E-state index contributed by atoms with van der Waals surface area (Å²) in [4.78, 5) is 35.0. The highest BCUT2D eigenvalue weighted by molar-refractivity contribution is 5.75. The Morgan fingerprint density at radius 2 is 1.22 bits per heavy atom. The molecule has 0 radical (unpaired) electrons. The van der Waals surface area contributed by atoms with Gasteiger partial charge in [0.15, 0.2) is 11.9 Å². The van der Waals surface area contributed by atoms with Gasteiger partial charge in [-0.15, -0.1) is 0 Å². The number of nitrogens with zero attached hydrogens (tertiary/aromatic N) is 6. The number of rotatable bonds is 3. The Hall–Kier alpha value is -2.70. The summed E-state index contributed by atoms with van der Waals surface area (Å²) in [6.07, 6.45) is 5.88. The van der Waals surface area contributed by atoms with E-state index in [-0.39, 0.29) is 16.9 Å². The van der Waals surface area contributed by atoms with Crippen LogP contribution in [0, 0.1) is 21.6 Å². The van der Waals surface area contributed by atoms with Gasteiger partial charge in [-0.25, -0.2) is 19.6 Å². The molecule has 2 N–H and O–H groups in total. The lowest BCUT2D eigenvalue weighted by molar-refractivity contribution is 0.0915. The SMILES string of the molecule is CC1(C)CC(N=C=O)CC(C)(CN=C=O)C1.CN(C)C(=N)N(C)C.CN(C)C(=N)N(C)C. The van der Waals surface area contributed by atoms with Gasteiger partial charge in [-0.1, -0.05) is 20.8 Å². The van der Waals surface area contributed by atoms with Crippen LogP contribution in [0.5, 0.6) is 0 Å². The first-order valence-corrected chi connectivity index (χ1v) is 10.5. The molecule has 1 fully saturated rings. The molecule has 0 aromatic rings. The highest BCUT2D eigenvalue weighted by atomic mass is 16.1. The number of hydrogen-bond donors (Lipinski definition) is 2. The van der Waals surface area contributed by atoms with Crippen LogP contribution in [0.2, 0.25) is 0 Å². The van der Waals surface area contributed by atoms with Gasteiger partial charge < -0.3 is 19.6 Å². The summed E-state index contributed by atoms with van der Waals surface area (Å²) in [5.41, 5.74) is 0.0561. The molecular formula is C22H44N8O2. The minimum Gasteiger partial charge on any atom is -0.349 e. The number of aliphatic imine (C=N–C) groups is 2. The van der Waals surface area contributed by atoms with Gasteiger partial charge in [-0.2, -0.15) is 0 Å². The summed E-state index contributed by atoms with van der Waals surface area (Å²) in [5, 5.41) is 14.5. The number of carbonyl (C=O) groups excluding carboxylic acids is 2. The second-order valence-electron chi connectivity index (χ2n) is 10.1. The second-order valence-corrected chi connectivity index (χ2v) is 10.1. The van der Waals surface area contributed by atoms with Crippen molar-refractivity contribution < 1.29 is 9.59 Å². The van der Waals surface area contributed by atoms with E-state index in [2.05, 4.69) is 30.8 Å². The van der Waals surface area contributed by atoms with Crippen LogP contribution >= 0.6 is 0 Å². The zero-order valence-electron chi connectivity index (χ0n) is 21.9. The Labute approximate surface area is 194 Å². The maximum absolute atomic E-state index is 10.3. The maximum Gasteiger partial charge on any atom is 0.235 e. The highest BCUT2D eigenvalue weighted by Crippen LogP contribution is 2.47. The predicted octanol–water partition coefficient (Wildman–Crippen LogP) is 2.33. The quantitative estimate of drug-likeness (QED) is 0.385. The molecule has 10 heteroatoms. The first-order valence-electron chi connectivity index (χ1n) is 10.5. The average molecular weight is 453 g/mol. The molecule has 0 spiro atoms. The molecule has 1 saturated carbocycles. The Balaban J connectivity index is 0. The van der Waals surface area contributed by atoms with Crippen molar-refractivity contribution in [3.05, 3.63) is 0 Å². The van der Waals surface area contributed by atoms with Gasteiger partial charge in [0.05, 0.1) is 12.6 Å². The molecule has 0 aliphatic heterocycles. The smallest absolute Gasteiger partial charge is 0.235 e. The van der Waals surface area contributed by atoms with Crippen molar-refractivity contribution in [2.75, 3.05) is 62.9 Å². The minimum atomic E-state index is -0.0653. The fraction of sp³-hybridized carbons (Fsp3) is 0.818. The van der Waals surface area contributed by atoms with Gasteiger partial charge in [0.25, 0.3) is 0 Å². The highest BCUT2D eigenvalue weighted by Gasteiger charge is 2.41. The lowest BCUT2D eigenvalue weighted by Crippen LogP contribution is -2.39. The maximum atomic E-state index is 10.3. The lowest BCUT2D eigenvalue weighted by Gasteiger charge is -2.44. The van der Waals surface area contributed by atoms with Crippen LogP contribution in [0.1, 0.15) is 40.0 Å². The molecule has 0 aromatic carbocycles. The van der Waals surface area contributed by atoms with Crippen molar-refractivity contribution in [1.82, 2.24) is 19.6 Å². The van der Waals surface area contributed by atoms with Gasteiger partial charge in [0, 0.05) is 56.4 Å². The third-order valence-corrected chi connectivity index (χ3v) is 4.88. The molecular weight excluding hydrogens is 408 g/mol. The molecule has 1 aliphatic rings. The summed E-state index contributed by atoms with van der Waals surface area (Å²) < 4.78 is 0. The van der Waals surface area contributed by atoms with E-state index in [1.54, 1.807) is 31.8 Å². The first-order chi connectivity index (χ1) is 14.5. The predicted molar refractivity (Wildman–Crippen MR) is 131 cm³/mol. The monoisotopic (exact) mass is 452 g/mol. The van der Waals surface area contributed by atoms with Crippen molar-refractivity contribution >= 4 is 24.1 Å². The number of isocyanates is 2. The fourth-order valence-corrected chi connectivity index (χ4v) is 3.89. The molecule has 32 heavy (non-hydrogen) atoms. The van der Waals surface area contributed by atoms with E-state index in [9.17, 15) is 9.59 Å². The molecule has 2 atom stereocenters. The minimum absolute atomic E-state index is 0.00750.